The molecule has 18 heavy (non-hydrogen) atoms. The van der Waals surface area contributed by atoms with E-state index in [0.717, 1.165) is 10.5 Å². The van der Waals surface area contributed by atoms with Crippen molar-refractivity contribution in [3.8, 4) is 0 Å². The molecular formula is C12H15N3O2S. The van der Waals surface area contributed by atoms with E-state index in [0.29, 0.717) is 11.7 Å². The SMILES string of the molecule is CCn1c(Sc2ccc([C@H](C)O)cc2)n[nH]c1=O. The summed E-state index contributed by atoms with van der Waals surface area (Å²) in [4.78, 5) is 12.4. The number of nitrogens with zero attached hydrogens (tertiary/aromatic N) is 2. The molecule has 0 saturated carbocycles. The van der Waals surface area contributed by atoms with E-state index in [9.17, 15) is 9.90 Å². The Morgan fingerprint density at radius 3 is 2.67 bits per heavy atom. The Morgan fingerprint density at radius 2 is 2.11 bits per heavy atom. The lowest BCUT2D eigenvalue weighted by Crippen LogP contribution is -2.15. The molecule has 1 aromatic heterocycles. The Labute approximate surface area is 109 Å². The summed E-state index contributed by atoms with van der Waals surface area (Å²) in [5.41, 5.74) is 0.676. The number of aromatic amines is 1. The molecule has 1 aromatic carbocycles. The van der Waals surface area contributed by atoms with Gasteiger partial charge in [0.05, 0.1) is 6.10 Å². The van der Waals surface area contributed by atoms with Crippen molar-refractivity contribution in [1.29, 1.82) is 0 Å². The van der Waals surface area contributed by atoms with Crippen LogP contribution in [-0.2, 0) is 6.54 Å². The van der Waals surface area contributed by atoms with E-state index in [1.54, 1.807) is 11.5 Å². The van der Waals surface area contributed by atoms with Crippen molar-refractivity contribution in [3.63, 3.8) is 0 Å². The van der Waals surface area contributed by atoms with E-state index in [4.69, 9.17) is 0 Å². The topological polar surface area (TPSA) is 70.9 Å². The van der Waals surface area contributed by atoms with Gasteiger partial charge in [0, 0.05) is 11.4 Å². The highest BCUT2D eigenvalue weighted by atomic mass is 32.2. The van der Waals surface area contributed by atoms with E-state index >= 15 is 0 Å². The minimum absolute atomic E-state index is 0.194. The summed E-state index contributed by atoms with van der Waals surface area (Å²) in [7, 11) is 0. The van der Waals surface area contributed by atoms with Crippen LogP contribution in [0.15, 0.2) is 39.1 Å². The van der Waals surface area contributed by atoms with Crippen LogP contribution in [0.3, 0.4) is 0 Å². The van der Waals surface area contributed by atoms with E-state index in [1.165, 1.54) is 11.8 Å². The van der Waals surface area contributed by atoms with Gasteiger partial charge < -0.3 is 5.11 Å². The third kappa shape index (κ3) is 2.65. The van der Waals surface area contributed by atoms with E-state index < -0.39 is 6.10 Å². The fourth-order valence-electron chi connectivity index (χ4n) is 1.58. The average Bonchev–Trinajstić information content (AvgIpc) is 2.70. The van der Waals surface area contributed by atoms with Crippen molar-refractivity contribution in [2.24, 2.45) is 0 Å². The first-order chi connectivity index (χ1) is 8.61. The smallest absolute Gasteiger partial charge is 0.343 e. The molecule has 0 aliphatic heterocycles. The Bertz CT molecular complexity index is 572. The second-order valence-electron chi connectivity index (χ2n) is 3.90. The molecule has 1 heterocycles. The number of aromatic nitrogens is 3. The summed E-state index contributed by atoms with van der Waals surface area (Å²) >= 11 is 1.42. The van der Waals surface area contributed by atoms with Gasteiger partial charge in [-0.25, -0.2) is 9.89 Å². The second-order valence-corrected chi connectivity index (χ2v) is 4.94. The molecule has 0 radical (unpaired) electrons. The number of hydrogen-bond donors (Lipinski definition) is 2. The zero-order valence-corrected chi connectivity index (χ0v) is 11.1. The Hall–Kier alpha value is -1.53. The second kappa shape index (κ2) is 5.41. The quantitative estimate of drug-likeness (QED) is 0.884. The largest absolute Gasteiger partial charge is 0.389 e. The van der Waals surface area contributed by atoms with Gasteiger partial charge in [0.15, 0.2) is 5.16 Å². The number of rotatable bonds is 4. The van der Waals surface area contributed by atoms with Crippen LogP contribution in [0.4, 0.5) is 0 Å². The maximum atomic E-state index is 11.4. The van der Waals surface area contributed by atoms with Gasteiger partial charge in [-0.05, 0) is 43.3 Å². The Morgan fingerprint density at radius 1 is 1.44 bits per heavy atom. The van der Waals surface area contributed by atoms with Crippen molar-refractivity contribution in [1.82, 2.24) is 14.8 Å². The van der Waals surface area contributed by atoms with Crippen LogP contribution in [0.25, 0.3) is 0 Å². The van der Waals surface area contributed by atoms with Crippen LogP contribution < -0.4 is 5.69 Å². The van der Waals surface area contributed by atoms with Crippen LogP contribution in [0.1, 0.15) is 25.5 Å². The summed E-state index contributed by atoms with van der Waals surface area (Å²) in [5, 5.41) is 16.5. The highest BCUT2D eigenvalue weighted by Gasteiger charge is 2.08. The number of benzene rings is 1. The molecular weight excluding hydrogens is 250 g/mol. The predicted molar refractivity (Wildman–Crippen MR) is 69.7 cm³/mol. The Kier molecular flexibility index (Phi) is 3.88. The molecule has 1 atom stereocenters. The fraction of sp³-hybridized carbons (Fsp3) is 0.333. The number of H-pyrrole nitrogens is 1. The molecule has 2 aromatic rings. The number of nitrogens with one attached hydrogen (secondary N) is 1. The highest BCUT2D eigenvalue weighted by molar-refractivity contribution is 7.99. The normalized spacial score (nSPS) is 12.6. The lowest BCUT2D eigenvalue weighted by molar-refractivity contribution is 0.199. The van der Waals surface area contributed by atoms with Gasteiger partial charge in [-0.15, -0.1) is 5.10 Å². The number of aliphatic hydroxyl groups excluding tert-OH is 1. The summed E-state index contributed by atoms with van der Waals surface area (Å²) < 4.78 is 1.58. The van der Waals surface area contributed by atoms with Crippen LogP contribution in [0.5, 0.6) is 0 Å². The van der Waals surface area contributed by atoms with Gasteiger partial charge in [0.25, 0.3) is 0 Å². The van der Waals surface area contributed by atoms with Crippen molar-refractivity contribution in [2.75, 3.05) is 0 Å². The third-order valence-electron chi connectivity index (χ3n) is 2.61. The maximum Gasteiger partial charge on any atom is 0.343 e. The third-order valence-corrected chi connectivity index (χ3v) is 3.61. The molecule has 2 rings (SSSR count). The van der Waals surface area contributed by atoms with Gasteiger partial charge in [0.2, 0.25) is 0 Å². The van der Waals surface area contributed by atoms with Crippen molar-refractivity contribution in [2.45, 2.75) is 36.5 Å². The van der Waals surface area contributed by atoms with Crippen molar-refractivity contribution in [3.05, 3.63) is 40.3 Å². The average molecular weight is 265 g/mol. The lowest BCUT2D eigenvalue weighted by atomic mass is 10.1. The van der Waals surface area contributed by atoms with Gasteiger partial charge >= 0.3 is 5.69 Å². The molecule has 5 nitrogen and oxygen atoms in total. The summed E-state index contributed by atoms with van der Waals surface area (Å²) in [6, 6.07) is 7.56. The number of aliphatic hydroxyl groups is 1. The zero-order chi connectivity index (χ0) is 13.1. The van der Waals surface area contributed by atoms with Crippen LogP contribution in [0.2, 0.25) is 0 Å². The van der Waals surface area contributed by atoms with Crippen molar-refractivity contribution >= 4 is 11.8 Å². The van der Waals surface area contributed by atoms with Gasteiger partial charge in [-0.2, -0.15) is 0 Å². The molecule has 6 heteroatoms. The monoisotopic (exact) mass is 265 g/mol. The molecule has 96 valence electrons. The Balaban J connectivity index is 2.21. The molecule has 0 amide bonds. The minimum atomic E-state index is -0.469. The summed E-state index contributed by atoms with van der Waals surface area (Å²) in [6.07, 6.45) is -0.469. The van der Waals surface area contributed by atoms with Crippen molar-refractivity contribution < 1.29 is 5.11 Å². The molecule has 0 bridgehead atoms. The molecule has 0 aliphatic rings. The van der Waals surface area contributed by atoms with E-state index in [2.05, 4.69) is 10.2 Å². The highest BCUT2D eigenvalue weighted by Crippen LogP contribution is 2.26. The first kappa shape index (κ1) is 12.9. The van der Waals surface area contributed by atoms with Gasteiger partial charge in [-0.3, -0.25) is 4.57 Å². The molecule has 0 saturated heterocycles. The fourth-order valence-corrected chi connectivity index (χ4v) is 2.48. The minimum Gasteiger partial charge on any atom is -0.389 e. The first-order valence-corrected chi connectivity index (χ1v) is 6.54. The van der Waals surface area contributed by atoms with Crippen LogP contribution in [-0.4, -0.2) is 19.9 Å². The van der Waals surface area contributed by atoms with Crippen LogP contribution >= 0.6 is 11.8 Å². The molecule has 0 spiro atoms. The van der Waals surface area contributed by atoms with Gasteiger partial charge in [0.1, 0.15) is 0 Å². The summed E-state index contributed by atoms with van der Waals surface area (Å²) in [6.45, 7) is 4.21. The predicted octanol–water partition coefficient (Wildman–Crippen LogP) is 1.80. The van der Waals surface area contributed by atoms with Crippen LogP contribution in [0, 0.1) is 0 Å². The molecule has 0 unspecified atom stereocenters. The molecule has 0 fully saturated rings. The molecule has 0 aliphatic carbocycles. The molecule has 2 N–H and O–H groups in total. The maximum absolute atomic E-state index is 11.4. The number of hydrogen-bond acceptors (Lipinski definition) is 4. The standard InChI is InChI=1S/C12H15N3O2S/c1-3-15-11(17)13-14-12(15)18-10-6-4-9(5-7-10)8(2)16/h4-8,16H,3H2,1-2H3,(H,13,17)/t8-/m0/s1. The van der Waals surface area contributed by atoms with E-state index in [1.807, 2.05) is 31.2 Å². The van der Waals surface area contributed by atoms with Gasteiger partial charge in [-0.1, -0.05) is 12.1 Å². The van der Waals surface area contributed by atoms with E-state index in [-0.39, 0.29) is 5.69 Å². The lowest BCUT2D eigenvalue weighted by Gasteiger charge is -2.06. The zero-order valence-electron chi connectivity index (χ0n) is 10.3. The summed E-state index contributed by atoms with van der Waals surface area (Å²) in [5.74, 6) is 0. The first-order valence-electron chi connectivity index (χ1n) is 5.73.